The zero-order valence-corrected chi connectivity index (χ0v) is 11.5. The predicted molar refractivity (Wildman–Crippen MR) is 73.1 cm³/mol. The molecule has 0 bridgehead atoms. The van der Waals surface area contributed by atoms with Crippen LogP contribution in [0.3, 0.4) is 0 Å². The maximum Gasteiger partial charge on any atom is 0.407 e. The van der Waals surface area contributed by atoms with Gasteiger partial charge in [0, 0.05) is 6.04 Å². The van der Waals surface area contributed by atoms with Crippen molar-refractivity contribution in [2.75, 3.05) is 0 Å². The highest BCUT2D eigenvalue weighted by Crippen LogP contribution is 2.37. The predicted octanol–water partition coefficient (Wildman–Crippen LogP) is 2.56. The Bertz CT molecular complexity index is 488. The van der Waals surface area contributed by atoms with Gasteiger partial charge in [0.1, 0.15) is 6.61 Å². The molecule has 1 aliphatic carbocycles. The fourth-order valence-corrected chi connectivity index (χ4v) is 2.49. The normalized spacial score (nSPS) is 25.1. The van der Waals surface area contributed by atoms with Crippen LogP contribution in [0.5, 0.6) is 0 Å². The first kappa shape index (κ1) is 14.4. The van der Waals surface area contributed by atoms with Gasteiger partial charge in [-0.25, -0.2) is 4.79 Å². The van der Waals surface area contributed by atoms with E-state index < -0.39 is 17.5 Å². The van der Waals surface area contributed by atoms with Crippen molar-refractivity contribution in [2.45, 2.75) is 38.8 Å². The smallest absolute Gasteiger partial charge is 0.407 e. The largest absolute Gasteiger partial charge is 0.481 e. The van der Waals surface area contributed by atoms with E-state index in [9.17, 15) is 9.59 Å². The number of nitrogens with one attached hydrogen (secondary N) is 1. The SMILES string of the molecule is C[C@@]1(C(=O)O)CC[C@@H](NC(=O)OCc2ccccc2)C1. The Morgan fingerprint density at radius 1 is 1.40 bits per heavy atom. The molecule has 1 aliphatic rings. The molecule has 2 atom stereocenters. The Morgan fingerprint density at radius 2 is 2.10 bits per heavy atom. The molecule has 0 aromatic heterocycles. The van der Waals surface area contributed by atoms with Crippen LogP contribution >= 0.6 is 0 Å². The van der Waals surface area contributed by atoms with Gasteiger partial charge in [-0.05, 0) is 31.7 Å². The summed E-state index contributed by atoms with van der Waals surface area (Å²) < 4.78 is 5.12. The van der Waals surface area contributed by atoms with Crippen molar-refractivity contribution >= 4 is 12.1 Å². The Hall–Kier alpha value is -2.04. The number of carboxylic acids is 1. The van der Waals surface area contributed by atoms with Crippen molar-refractivity contribution in [3.05, 3.63) is 35.9 Å². The first-order valence-corrected chi connectivity index (χ1v) is 6.70. The van der Waals surface area contributed by atoms with Gasteiger partial charge in [0.05, 0.1) is 5.41 Å². The first-order valence-electron chi connectivity index (χ1n) is 6.70. The minimum absolute atomic E-state index is 0.126. The van der Waals surface area contributed by atoms with Crippen LogP contribution in [0.15, 0.2) is 30.3 Å². The van der Waals surface area contributed by atoms with E-state index in [4.69, 9.17) is 9.84 Å². The average molecular weight is 277 g/mol. The Morgan fingerprint density at radius 3 is 2.70 bits per heavy atom. The van der Waals surface area contributed by atoms with Crippen LogP contribution in [0.4, 0.5) is 4.79 Å². The first-order chi connectivity index (χ1) is 9.49. The summed E-state index contributed by atoms with van der Waals surface area (Å²) in [7, 11) is 0. The van der Waals surface area contributed by atoms with Crippen molar-refractivity contribution < 1.29 is 19.4 Å². The number of carbonyl (C=O) groups is 2. The number of benzene rings is 1. The highest BCUT2D eigenvalue weighted by atomic mass is 16.5. The third-order valence-corrected chi connectivity index (χ3v) is 3.79. The molecule has 1 fully saturated rings. The standard InChI is InChI=1S/C15H19NO4/c1-15(13(17)18)8-7-12(9-15)16-14(19)20-10-11-5-3-2-4-6-11/h2-6,12H,7-10H2,1H3,(H,16,19)(H,17,18)/t12-,15-/m1/s1. The second kappa shape index (κ2) is 5.94. The molecule has 5 heteroatoms. The number of aliphatic carboxylic acids is 1. The molecular formula is C15H19NO4. The molecule has 1 aromatic rings. The van der Waals surface area contributed by atoms with Crippen molar-refractivity contribution in [1.82, 2.24) is 5.32 Å². The summed E-state index contributed by atoms with van der Waals surface area (Å²) in [5, 5.41) is 11.9. The molecule has 0 radical (unpaired) electrons. The van der Waals surface area contributed by atoms with Gasteiger partial charge in [0.25, 0.3) is 0 Å². The number of hydrogen-bond acceptors (Lipinski definition) is 3. The second-order valence-electron chi connectivity index (χ2n) is 5.51. The van der Waals surface area contributed by atoms with Crippen molar-refractivity contribution in [2.24, 2.45) is 5.41 Å². The van der Waals surface area contributed by atoms with E-state index in [0.29, 0.717) is 19.3 Å². The number of carboxylic acid groups (broad SMARTS) is 1. The fraction of sp³-hybridized carbons (Fsp3) is 0.467. The number of rotatable bonds is 4. The van der Waals surface area contributed by atoms with Gasteiger partial charge in [0.2, 0.25) is 0 Å². The zero-order valence-electron chi connectivity index (χ0n) is 11.5. The number of amides is 1. The number of hydrogen-bond donors (Lipinski definition) is 2. The summed E-state index contributed by atoms with van der Waals surface area (Å²) in [6.45, 7) is 1.93. The molecule has 1 aromatic carbocycles. The molecule has 0 heterocycles. The highest BCUT2D eigenvalue weighted by molar-refractivity contribution is 5.75. The number of ether oxygens (including phenoxy) is 1. The molecule has 1 saturated carbocycles. The van der Waals surface area contributed by atoms with E-state index in [2.05, 4.69) is 5.32 Å². The van der Waals surface area contributed by atoms with Crippen molar-refractivity contribution in [1.29, 1.82) is 0 Å². The van der Waals surface area contributed by atoms with Crippen LogP contribution in [-0.4, -0.2) is 23.2 Å². The molecule has 1 amide bonds. The lowest BCUT2D eigenvalue weighted by Gasteiger charge is -2.18. The maximum absolute atomic E-state index is 11.7. The van der Waals surface area contributed by atoms with E-state index in [0.717, 1.165) is 5.56 Å². The molecule has 0 saturated heterocycles. The molecule has 0 spiro atoms. The summed E-state index contributed by atoms with van der Waals surface area (Å²) in [6, 6.07) is 9.29. The van der Waals surface area contributed by atoms with Gasteiger partial charge < -0.3 is 15.2 Å². The summed E-state index contributed by atoms with van der Waals surface area (Å²) >= 11 is 0. The van der Waals surface area contributed by atoms with Crippen LogP contribution in [0, 0.1) is 5.41 Å². The van der Waals surface area contributed by atoms with Gasteiger partial charge in [-0.2, -0.15) is 0 Å². The summed E-state index contributed by atoms with van der Waals surface area (Å²) in [4.78, 5) is 22.8. The molecule has 108 valence electrons. The monoisotopic (exact) mass is 277 g/mol. The molecule has 2 N–H and O–H groups in total. The van der Waals surface area contributed by atoms with E-state index in [-0.39, 0.29) is 12.6 Å². The minimum atomic E-state index is -0.806. The van der Waals surface area contributed by atoms with E-state index in [1.54, 1.807) is 6.92 Å². The average Bonchev–Trinajstić information content (AvgIpc) is 2.80. The molecule has 5 nitrogen and oxygen atoms in total. The van der Waals surface area contributed by atoms with Gasteiger partial charge in [0.15, 0.2) is 0 Å². The Kier molecular flexibility index (Phi) is 4.27. The molecular weight excluding hydrogens is 258 g/mol. The molecule has 0 unspecified atom stereocenters. The van der Waals surface area contributed by atoms with E-state index >= 15 is 0 Å². The zero-order chi connectivity index (χ0) is 14.6. The summed E-state index contributed by atoms with van der Waals surface area (Å²) in [5.41, 5.74) is 0.182. The van der Waals surface area contributed by atoms with Crippen molar-refractivity contribution in [3.63, 3.8) is 0 Å². The van der Waals surface area contributed by atoms with Gasteiger partial charge in [-0.15, -0.1) is 0 Å². The Labute approximate surface area is 117 Å². The molecule has 0 aliphatic heterocycles. The fourth-order valence-electron chi connectivity index (χ4n) is 2.49. The van der Waals surface area contributed by atoms with Gasteiger partial charge >= 0.3 is 12.1 Å². The third kappa shape index (κ3) is 3.50. The lowest BCUT2D eigenvalue weighted by atomic mass is 9.89. The third-order valence-electron chi connectivity index (χ3n) is 3.79. The van der Waals surface area contributed by atoms with Crippen molar-refractivity contribution in [3.8, 4) is 0 Å². The lowest BCUT2D eigenvalue weighted by molar-refractivity contribution is -0.147. The quantitative estimate of drug-likeness (QED) is 0.886. The maximum atomic E-state index is 11.7. The Balaban J connectivity index is 1.77. The molecule has 20 heavy (non-hydrogen) atoms. The molecule has 2 rings (SSSR count). The van der Waals surface area contributed by atoms with E-state index in [1.165, 1.54) is 0 Å². The lowest BCUT2D eigenvalue weighted by Crippen LogP contribution is -2.35. The van der Waals surface area contributed by atoms with Gasteiger partial charge in [-0.3, -0.25) is 4.79 Å². The summed E-state index contributed by atoms with van der Waals surface area (Å²) in [6.07, 6.45) is 1.20. The van der Waals surface area contributed by atoms with Crippen LogP contribution in [0.25, 0.3) is 0 Å². The van der Waals surface area contributed by atoms with Crippen LogP contribution < -0.4 is 5.32 Å². The van der Waals surface area contributed by atoms with Crippen LogP contribution in [-0.2, 0) is 16.1 Å². The van der Waals surface area contributed by atoms with Gasteiger partial charge in [-0.1, -0.05) is 30.3 Å². The highest BCUT2D eigenvalue weighted by Gasteiger charge is 2.41. The summed E-state index contributed by atoms with van der Waals surface area (Å²) in [5.74, 6) is -0.806. The van der Waals surface area contributed by atoms with Crippen LogP contribution in [0.1, 0.15) is 31.7 Å². The number of carbonyl (C=O) groups excluding carboxylic acids is 1. The van der Waals surface area contributed by atoms with Crippen LogP contribution in [0.2, 0.25) is 0 Å². The second-order valence-corrected chi connectivity index (χ2v) is 5.51. The number of alkyl carbamates (subject to hydrolysis) is 1. The minimum Gasteiger partial charge on any atom is -0.481 e. The topological polar surface area (TPSA) is 75.6 Å². The van der Waals surface area contributed by atoms with E-state index in [1.807, 2.05) is 30.3 Å².